The van der Waals surface area contributed by atoms with E-state index in [1.54, 1.807) is 6.20 Å². The molecule has 2 heterocycles. The molecule has 0 radical (unpaired) electrons. The summed E-state index contributed by atoms with van der Waals surface area (Å²) in [6.45, 7) is 2.05. The maximum atomic E-state index is 11.4. The van der Waals surface area contributed by atoms with Crippen molar-refractivity contribution >= 4 is 23.0 Å². The maximum Gasteiger partial charge on any atom is 0.224 e. The molecule has 0 aliphatic carbocycles. The van der Waals surface area contributed by atoms with E-state index in [4.69, 9.17) is 5.73 Å². The number of amides is 1. The lowest BCUT2D eigenvalue weighted by Gasteiger charge is -2.21. The van der Waals surface area contributed by atoms with Crippen molar-refractivity contribution in [1.29, 1.82) is 0 Å². The molecule has 1 aliphatic heterocycles. The SMILES string of the molecule is CC(Nc1cc2c(cc1N)NC(=O)CC2)c1cn[nH]c1. The van der Waals surface area contributed by atoms with Gasteiger partial charge in [-0.2, -0.15) is 5.10 Å². The van der Waals surface area contributed by atoms with Gasteiger partial charge in [-0.3, -0.25) is 9.89 Å². The highest BCUT2D eigenvalue weighted by Gasteiger charge is 2.17. The zero-order valence-electron chi connectivity index (χ0n) is 11.2. The van der Waals surface area contributed by atoms with Gasteiger partial charge in [-0.1, -0.05) is 0 Å². The molecule has 0 spiro atoms. The molecule has 1 unspecified atom stereocenters. The van der Waals surface area contributed by atoms with Gasteiger partial charge in [0.05, 0.1) is 23.6 Å². The monoisotopic (exact) mass is 271 g/mol. The van der Waals surface area contributed by atoms with Crippen LogP contribution in [0, 0.1) is 0 Å². The minimum absolute atomic E-state index is 0.0457. The summed E-state index contributed by atoms with van der Waals surface area (Å²) < 4.78 is 0. The first-order valence-corrected chi connectivity index (χ1v) is 6.61. The van der Waals surface area contributed by atoms with E-state index in [2.05, 4.69) is 20.8 Å². The quantitative estimate of drug-likeness (QED) is 0.642. The number of carbonyl (C=O) groups excluding carboxylic acids is 1. The Balaban J connectivity index is 1.85. The lowest BCUT2D eigenvalue weighted by molar-refractivity contribution is -0.116. The number of H-pyrrole nitrogens is 1. The number of aromatic nitrogens is 2. The van der Waals surface area contributed by atoms with Crippen LogP contribution in [0.5, 0.6) is 0 Å². The second-order valence-corrected chi connectivity index (χ2v) is 5.04. The number of benzene rings is 1. The molecular formula is C14H17N5O. The average Bonchev–Trinajstić information content (AvgIpc) is 2.94. The Kier molecular flexibility index (Phi) is 3.06. The topological polar surface area (TPSA) is 95.8 Å². The molecule has 5 N–H and O–H groups in total. The fourth-order valence-corrected chi connectivity index (χ4v) is 2.38. The standard InChI is InChI=1S/C14H17N5O/c1-8(10-6-16-17-7-10)18-13-4-9-2-3-14(20)19-12(9)5-11(13)15/h4-8,18H,2-3,15H2,1H3,(H,16,17)(H,19,20). The van der Waals surface area contributed by atoms with E-state index in [9.17, 15) is 4.79 Å². The summed E-state index contributed by atoms with van der Waals surface area (Å²) in [6.07, 6.45) is 4.91. The zero-order chi connectivity index (χ0) is 14.1. The Hall–Kier alpha value is -2.50. The van der Waals surface area contributed by atoms with Crippen LogP contribution in [0.2, 0.25) is 0 Å². The smallest absolute Gasteiger partial charge is 0.224 e. The highest BCUT2D eigenvalue weighted by atomic mass is 16.1. The molecule has 0 saturated heterocycles. The summed E-state index contributed by atoms with van der Waals surface area (Å²) >= 11 is 0. The van der Waals surface area contributed by atoms with E-state index in [1.165, 1.54) is 0 Å². The van der Waals surface area contributed by atoms with Gasteiger partial charge in [0.2, 0.25) is 5.91 Å². The van der Waals surface area contributed by atoms with Gasteiger partial charge in [0.1, 0.15) is 0 Å². The molecule has 1 aromatic heterocycles. The number of hydrogen-bond acceptors (Lipinski definition) is 4. The Morgan fingerprint density at radius 2 is 2.25 bits per heavy atom. The zero-order valence-corrected chi connectivity index (χ0v) is 11.2. The predicted octanol–water partition coefficient (Wildman–Crippen LogP) is 2.05. The molecule has 20 heavy (non-hydrogen) atoms. The second-order valence-electron chi connectivity index (χ2n) is 5.04. The van der Waals surface area contributed by atoms with Crippen molar-refractivity contribution in [3.63, 3.8) is 0 Å². The van der Waals surface area contributed by atoms with Crippen molar-refractivity contribution in [2.45, 2.75) is 25.8 Å². The predicted molar refractivity (Wildman–Crippen MR) is 78.4 cm³/mol. The van der Waals surface area contributed by atoms with Crippen LogP contribution < -0.4 is 16.4 Å². The number of aryl methyl sites for hydroxylation is 1. The van der Waals surface area contributed by atoms with E-state index in [0.717, 1.165) is 28.9 Å². The Labute approximate surface area is 116 Å². The van der Waals surface area contributed by atoms with E-state index in [0.29, 0.717) is 12.1 Å². The maximum absolute atomic E-state index is 11.4. The Morgan fingerprint density at radius 1 is 1.40 bits per heavy atom. The molecular weight excluding hydrogens is 254 g/mol. The molecule has 0 saturated carbocycles. The van der Waals surface area contributed by atoms with Crippen LogP contribution in [0.25, 0.3) is 0 Å². The van der Waals surface area contributed by atoms with Crippen molar-refractivity contribution in [2.75, 3.05) is 16.4 Å². The summed E-state index contributed by atoms with van der Waals surface area (Å²) in [7, 11) is 0. The lowest BCUT2D eigenvalue weighted by Crippen LogP contribution is -2.19. The van der Waals surface area contributed by atoms with E-state index >= 15 is 0 Å². The van der Waals surface area contributed by atoms with E-state index in [-0.39, 0.29) is 11.9 Å². The third-order valence-corrected chi connectivity index (χ3v) is 3.56. The Bertz CT molecular complexity index is 635. The van der Waals surface area contributed by atoms with Gasteiger partial charge in [0.25, 0.3) is 0 Å². The van der Waals surface area contributed by atoms with Crippen LogP contribution in [0.1, 0.15) is 30.5 Å². The number of hydrogen-bond donors (Lipinski definition) is 4. The molecule has 3 rings (SSSR count). The molecule has 1 aromatic carbocycles. The van der Waals surface area contributed by atoms with Crippen LogP contribution in [0.4, 0.5) is 17.1 Å². The van der Waals surface area contributed by atoms with Crippen LogP contribution in [-0.2, 0) is 11.2 Å². The van der Waals surface area contributed by atoms with Crippen molar-refractivity contribution in [1.82, 2.24) is 10.2 Å². The molecule has 1 aliphatic rings. The fraction of sp³-hybridized carbons (Fsp3) is 0.286. The Morgan fingerprint density at radius 3 is 3.00 bits per heavy atom. The summed E-state index contributed by atoms with van der Waals surface area (Å²) in [6, 6.07) is 3.93. The number of rotatable bonds is 3. The minimum atomic E-state index is 0.0457. The largest absolute Gasteiger partial charge is 0.397 e. The number of nitrogens with two attached hydrogens (primary N) is 1. The van der Waals surface area contributed by atoms with Gasteiger partial charge in [-0.05, 0) is 31.0 Å². The van der Waals surface area contributed by atoms with Gasteiger partial charge in [-0.25, -0.2) is 0 Å². The first kappa shape index (κ1) is 12.5. The van der Waals surface area contributed by atoms with Crippen molar-refractivity contribution < 1.29 is 4.79 Å². The number of fused-ring (bicyclic) bond motifs is 1. The number of carbonyl (C=O) groups is 1. The highest BCUT2D eigenvalue weighted by molar-refractivity contribution is 5.95. The van der Waals surface area contributed by atoms with Gasteiger partial charge < -0.3 is 16.4 Å². The van der Waals surface area contributed by atoms with Gasteiger partial charge in [0, 0.05) is 23.9 Å². The third kappa shape index (κ3) is 2.32. The summed E-state index contributed by atoms with van der Waals surface area (Å²) in [5.74, 6) is 0.0457. The second kappa shape index (κ2) is 4.88. The molecule has 1 atom stereocenters. The molecule has 6 heteroatoms. The van der Waals surface area contributed by atoms with Crippen LogP contribution in [0.15, 0.2) is 24.5 Å². The van der Waals surface area contributed by atoms with Gasteiger partial charge >= 0.3 is 0 Å². The average molecular weight is 271 g/mol. The normalized spacial score (nSPS) is 15.3. The first-order valence-electron chi connectivity index (χ1n) is 6.61. The number of nitrogen functional groups attached to an aromatic ring is 1. The fourth-order valence-electron chi connectivity index (χ4n) is 2.38. The lowest BCUT2D eigenvalue weighted by atomic mass is 10.0. The first-order chi connectivity index (χ1) is 9.63. The van der Waals surface area contributed by atoms with Crippen LogP contribution in [-0.4, -0.2) is 16.1 Å². The number of aromatic amines is 1. The number of nitrogens with zero attached hydrogens (tertiary/aromatic N) is 1. The molecule has 0 fully saturated rings. The molecule has 6 nitrogen and oxygen atoms in total. The van der Waals surface area contributed by atoms with Gasteiger partial charge in [0.15, 0.2) is 0 Å². The molecule has 0 bridgehead atoms. The number of anilines is 3. The highest BCUT2D eigenvalue weighted by Crippen LogP contribution is 2.32. The summed E-state index contributed by atoms with van der Waals surface area (Å²) in [5.41, 5.74) is 10.6. The molecule has 2 aromatic rings. The minimum Gasteiger partial charge on any atom is -0.397 e. The summed E-state index contributed by atoms with van der Waals surface area (Å²) in [4.78, 5) is 11.4. The van der Waals surface area contributed by atoms with Crippen LogP contribution in [0.3, 0.4) is 0 Å². The van der Waals surface area contributed by atoms with Crippen molar-refractivity contribution in [2.24, 2.45) is 0 Å². The van der Waals surface area contributed by atoms with E-state index in [1.807, 2.05) is 25.3 Å². The van der Waals surface area contributed by atoms with Crippen LogP contribution >= 0.6 is 0 Å². The molecule has 104 valence electrons. The summed E-state index contributed by atoms with van der Waals surface area (Å²) in [5, 5.41) is 13.0. The van der Waals surface area contributed by atoms with Crippen molar-refractivity contribution in [3.05, 3.63) is 35.7 Å². The van der Waals surface area contributed by atoms with Gasteiger partial charge in [-0.15, -0.1) is 0 Å². The molecule has 1 amide bonds. The number of nitrogens with one attached hydrogen (secondary N) is 3. The van der Waals surface area contributed by atoms with E-state index < -0.39 is 0 Å². The third-order valence-electron chi connectivity index (χ3n) is 3.56. The van der Waals surface area contributed by atoms with Crippen molar-refractivity contribution in [3.8, 4) is 0 Å².